The van der Waals surface area contributed by atoms with E-state index in [9.17, 15) is 4.79 Å². The summed E-state index contributed by atoms with van der Waals surface area (Å²) < 4.78 is 0. The number of hydrogen-bond acceptors (Lipinski definition) is 3. The van der Waals surface area contributed by atoms with Crippen LogP contribution >= 0.6 is 11.6 Å². The van der Waals surface area contributed by atoms with Gasteiger partial charge in [-0.3, -0.25) is 9.78 Å². The molecule has 4 nitrogen and oxygen atoms in total. The van der Waals surface area contributed by atoms with Crippen molar-refractivity contribution in [2.75, 3.05) is 5.32 Å². The molecule has 1 amide bonds. The van der Waals surface area contributed by atoms with Crippen molar-refractivity contribution < 1.29 is 4.79 Å². The fraction of sp³-hybridized carbons (Fsp3) is 0.0769. The Hall–Kier alpha value is -1.91. The zero-order chi connectivity index (χ0) is 13.0. The number of carbonyl (C=O) groups is 1. The SMILES string of the molecule is NCc1cccc(NC(=O)c2ccncc2Cl)c1. The summed E-state index contributed by atoms with van der Waals surface area (Å²) in [7, 11) is 0. The molecule has 5 heteroatoms. The highest BCUT2D eigenvalue weighted by Gasteiger charge is 2.10. The zero-order valence-electron chi connectivity index (χ0n) is 9.56. The van der Waals surface area contributed by atoms with Crippen molar-refractivity contribution in [3.8, 4) is 0 Å². The lowest BCUT2D eigenvalue weighted by Crippen LogP contribution is -2.12. The fourth-order valence-corrected chi connectivity index (χ4v) is 1.74. The monoisotopic (exact) mass is 261 g/mol. The van der Waals surface area contributed by atoms with Crippen LogP contribution in [0.15, 0.2) is 42.7 Å². The van der Waals surface area contributed by atoms with Gasteiger partial charge in [0.15, 0.2) is 0 Å². The molecule has 1 heterocycles. The predicted octanol–water partition coefficient (Wildman–Crippen LogP) is 2.45. The van der Waals surface area contributed by atoms with E-state index in [-0.39, 0.29) is 5.91 Å². The molecule has 0 aliphatic rings. The molecular formula is C13H12ClN3O. The molecule has 0 saturated heterocycles. The standard InChI is InChI=1S/C13H12ClN3O/c14-12-8-16-5-4-11(12)13(18)17-10-3-1-2-9(6-10)7-15/h1-6,8H,7,15H2,(H,17,18). The number of benzene rings is 1. The van der Waals surface area contributed by atoms with Gasteiger partial charge in [0.05, 0.1) is 10.6 Å². The molecule has 18 heavy (non-hydrogen) atoms. The Kier molecular flexibility index (Phi) is 3.92. The number of hydrogen-bond donors (Lipinski definition) is 2. The molecule has 1 aromatic carbocycles. The van der Waals surface area contributed by atoms with Crippen LogP contribution in [0.4, 0.5) is 5.69 Å². The Morgan fingerprint density at radius 3 is 2.94 bits per heavy atom. The molecule has 2 rings (SSSR count). The number of anilines is 1. The largest absolute Gasteiger partial charge is 0.326 e. The number of pyridine rings is 1. The Morgan fingerprint density at radius 1 is 1.39 bits per heavy atom. The topological polar surface area (TPSA) is 68.0 Å². The highest BCUT2D eigenvalue weighted by molar-refractivity contribution is 6.34. The summed E-state index contributed by atoms with van der Waals surface area (Å²) in [4.78, 5) is 15.8. The molecule has 0 aliphatic heterocycles. The van der Waals surface area contributed by atoms with Crippen molar-refractivity contribution in [3.05, 3.63) is 58.9 Å². The van der Waals surface area contributed by atoms with E-state index in [0.29, 0.717) is 22.8 Å². The number of amides is 1. The van der Waals surface area contributed by atoms with Crippen molar-refractivity contribution >= 4 is 23.2 Å². The number of carbonyl (C=O) groups excluding carboxylic acids is 1. The van der Waals surface area contributed by atoms with Crippen molar-refractivity contribution in [2.24, 2.45) is 5.73 Å². The number of nitrogens with two attached hydrogens (primary N) is 1. The van der Waals surface area contributed by atoms with Gasteiger partial charge < -0.3 is 11.1 Å². The second-order valence-corrected chi connectivity index (χ2v) is 4.12. The molecule has 0 bridgehead atoms. The number of nitrogens with zero attached hydrogens (tertiary/aromatic N) is 1. The average Bonchev–Trinajstić information content (AvgIpc) is 2.39. The average molecular weight is 262 g/mol. The van der Waals surface area contributed by atoms with Gasteiger partial charge in [-0.15, -0.1) is 0 Å². The minimum absolute atomic E-state index is 0.267. The summed E-state index contributed by atoms with van der Waals surface area (Å²) >= 11 is 5.90. The molecule has 0 unspecified atom stereocenters. The Morgan fingerprint density at radius 2 is 2.22 bits per heavy atom. The predicted molar refractivity (Wildman–Crippen MR) is 71.5 cm³/mol. The van der Waals surface area contributed by atoms with E-state index in [0.717, 1.165) is 5.56 Å². The summed E-state index contributed by atoms with van der Waals surface area (Å²) in [5, 5.41) is 3.09. The van der Waals surface area contributed by atoms with Gasteiger partial charge in [0.25, 0.3) is 5.91 Å². The Balaban J connectivity index is 2.19. The minimum atomic E-state index is -0.267. The number of halogens is 1. The Bertz CT molecular complexity index is 572. The molecule has 0 atom stereocenters. The van der Waals surface area contributed by atoms with Crippen molar-refractivity contribution in [1.29, 1.82) is 0 Å². The van der Waals surface area contributed by atoms with Crippen molar-refractivity contribution in [2.45, 2.75) is 6.54 Å². The normalized spacial score (nSPS) is 10.1. The summed E-state index contributed by atoms with van der Waals surface area (Å²) in [5.74, 6) is -0.267. The van der Waals surface area contributed by atoms with E-state index in [4.69, 9.17) is 17.3 Å². The summed E-state index contributed by atoms with van der Waals surface area (Å²) in [6.07, 6.45) is 2.96. The van der Waals surface area contributed by atoms with Crippen LogP contribution in [0.25, 0.3) is 0 Å². The number of rotatable bonds is 3. The Labute approximate surface area is 110 Å². The van der Waals surface area contributed by atoms with Gasteiger partial charge in [-0.1, -0.05) is 23.7 Å². The lowest BCUT2D eigenvalue weighted by molar-refractivity contribution is 0.102. The summed E-state index contributed by atoms with van der Waals surface area (Å²) in [5.41, 5.74) is 7.58. The third-order valence-electron chi connectivity index (χ3n) is 2.44. The van der Waals surface area contributed by atoms with Crippen LogP contribution in [0.1, 0.15) is 15.9 Å². The molecule has 0 aliphatic carbocycles. The maximum Gasteiger partial charge on any atom is 0.257 e. The molecule has 1 aromatic heterocycles. The van der Waals surface area contributed by atoms with Crippen molar-refractivity contribution in [3.63, 3.8) is 0 Å². The molecule has 0 saturated carbocycles. The first-order valence-electron chi connectivity index (χ1n) is 5.40. The van der Waals surface area contributed by atoms with Crippen LogP contribution in [-0.2, 0) is 6.54 Å². The van der Waals surface area contributed by atoms with Crippen LogP contribution in [0.2, 0.25) is 5.02 Å². The van der Waals surface area contributed by atoms with E-state index < -0.39 is 0 Å². The maximum atomic E-state index is 12.0. The molecular weight excluding hydrogens is 250 g/mol. The lowest BCUT2D eigenvalue weighted by atomic mass is 10.2. The third kappa shape index (κ3) is 2.85. The van der Waals surface area contributed by atoms with Crippen molar-refractivity contribution in [1.82, 2.24) is 4.98 Å². The molecule has 0 fully saturated rings. The van der Waals surface area contributed by atoms with Crippen LogP contribution in [-0.4, -0.2) is 10.9 Å². The molecule has 0 radical (unpaired) electrons. The zero-order valence-corrected chi connectivity index (χ0v) is 10.3. The lowest BCUT2D eigenvalue weighted by Gasteiger charge is -2.07. The third-order valence-corrected chi connectivity index (χ3v) is 2.74. The van der Waals surface area contributed by atoms with Crippen LogP contribution < -0.4 is 11.1 Å². The van der Waals surface area contributed by atoms with Gasteiger partial charge in [-0.25, -0.2) is 0 Å². The minimum Gasteiger partial charge on any atom is -0.326 e. The number of nitrogens with one attached hydrogen (secondary N) is 1. The van der Waals surface area contributed by atoms with E-state index >= 15 is 0 Å². The molecule has 92 valence electrons. The van der Waals surface area contributed by atoms with Gasteiger partial charge in [-0.05, 0) is 23.8 Å². The summed E-state index contributed by atoms with van der Waals surface area (Å²) in [6.45, 7) is 0.430. The van der Waals surface area contributed by atoms with Gasteiger partial charge in [-0.2, -0.15) is 0 Å². The first-order chi connectivity index (χ1) is 8.70. The second kappa shape index (κ2) is 5.62. The quantitative estimate of drug-likeness (QED) is 0.892. The van der Waals surface area contributed by atoms with Gasteiger partial charge in [0, 0.05) is 24.6 Å². The van der Waals surface area contributed by atoms with Crippen LogP contribution in [0.5, 0.6) is 0 Å². The van der Waals surface area contributed by atoms with E-state index in [2.05, 4.69) is 10.3 Å². The summed E-state index contributed by atoms with van der Waals surface area (Å²) in [6, 6.07) is 8.94. The van der Waals surface area contributed by atoms with Crippen LogP contribution in [0, 0.1) is 0 Å². The smallest absolute Gasteiger partial charge is 0.257 e. The highest BCUT2D eigenvalue weighted by Crippen LogP contribution is 2.16. The highest BCUT2D eigenvalue weighted by atomic mass is 35.5. The molecule has 3 N–H and O–H groups in total. The molecule has 0 spiro atoms. The van der Waals surface area contributed by atoms with E-state index in [1.165, 1.54) is 12.4 Å². The second-order valence-electron chi connectivity index (χ2n) is 3.71. The van der Waals surface area contributed by atoms with Crippen LogP contribution in [0.3, 0.4) is 0 Å². The first kappa shape index (κ1) is 12.5. The fourth-order valence-electron chi connectivity index (χ4n) is 1.53. The van der Waals surface area contributed by atoms with Gasteiger partial charge in [0.2, 0.25) is 0 Å². The molecule has 2 aromatic rings. The van der Waals surface area contributed by atoms with Gasteiger partial charge in [0.1, 0.15) is 0 Å². The number of aromatic nitrogens is 1. The maximum absolute atomic E-state index is 12.0. The van der Waals surface area contributed by atoms with E-state index in [1.807, 2.05) is 18.2 Å². The van der Waals surface area contributed by atoms with E-state index in [1.54, 1.807) is 12.1 Å². The first-order valence-corrected chi connectivity index (χ1v) is 5.78. The van der Waals surface area contributed by atoms with Gasteiger partial charge >= 0.3 is 0 Å².